The summed E-state index contributed by atoms with van der Waals surface area (Å²) in [5.41, 5.74) is 2.55. The number of nitrogens with one attached hydrogen (secondary N) is 1. The van der Waals surface area contributed by atoms with Crippen LogP contribution in [0.3, 0.4) is 0 Å². The van der Waals surface area contributed by atoms with Crippen molar-refractivity contribution in [3.8, 4) is 0 Å². The van der Waals surface area contributed by atoms with Gasteiger partial charge in [0.1, 0.15) is 4.90 Å². The van der Waals surface area contributed by atoms with Crippen molar-refractivity contribution in [3.05, 3.63) is 96.4 Å². The molecular formula is C27H27N5O3S. The van der Waals surface area contributed by atoms with Gasteiger partial charge >= 0.3 is 0 Å². The van der Waals surface area contributed by atoms with Gasteiger partial charge < -0.3 is 4.90 Å². The summed E-state index contributed by atoms with van der Waals surface area (Å²) in [4.78, 5) is 25.7. The Bertz CT molecular complexity index is 1450. The molecule has 1 amide bonds. The Labute approximate surface area is 210 Å². The molecule has 8 nitrogen and oxygen atoms in total. The van der Waals surface area contributed by atoms with Crippen molar-refractivity contribution in [1.82, 2.24) is 19.8 Å². The van der Waals surface area contributed by atoms with Gasteiger partial charge in [0, 0.05) is 68.0 Å². The van der Waals surface area contributed by atoms with Gasteiger partial charge in [-0.2, -0.15) is 0 Å². The van der Waals surface area contributed by atoms with Crippen molar-refractivity contribution in [1.29, 1.82) is 0 Å². The van der Waals surface area contributed by atoms with E-state index in [1.165, 1.54) is 11.6 Å². The number of piperazine rings is 1. The van der Waals surface area contributed by atoms with E-state index in [0.717, 1.165) is 31.4 Å². The minimum atomic E-state index is -3.84. The maximum atomic E-state index is 13.0. The Morgan fingerprint density at radius 2 is 1.64 bits per heavy atom. The lowest BCUT2D eigenvalue weighted by Crippen LogP contribution is -2.49. The number of hydrogen-bond acceptors (Lipinski definition) is 6. The molecule has 1 fully saturated rings. The highest BCUT2D eigenvalue weighted by atomic mass is 32.2. The molecule has 184 valence electrons. The summed E-state index contributed by atoms with van der Waals surface area (Å²) in [7, 11) is -3.84. The summed E-state index contributed by atoms with van der Waals surface area (Å²) in [6.07, 6.45) is 6.18. The Morgan fingerprint density at radius 3 is 2.39 bits per heavy atom. The molecule has 0 atom stereocenters. The van der Waals surface area contributed by atoms with Gasteiger partial charge in [-0.15, -0.1) is 0 Å². The number of nitrogens with zero attached hydrogens (tertiary/aromatic N) is 4. The molecule has 3 heterocycles. The molecule has 36 heavy (non-hydrogen) atoms. The Morgan fingerprint density at radius 1 is 0.889 bits per heavy atom. The van der Waals surface area contributed by atoms with Crippen molar-refractivity contribution < 1.29 is 13.2 Å². The van der Waals surface area contributed by atoms with Crippen LogP contribution in [0.2, 0.25) is 0 Å². The predicted molar refractivity (Wildman–Crippen MR) is 139 cm³/mol. The number of carbonyl (C=O) groups excluding carboxylic acids is 1. The molecule has 0 unspecified atom stereocenters. The standard InChI is InChI=1S/C27H27N5O3S/c33-27(32-18-16-31(17-19-32)15-12-21-4-2-13-28-20-21)23-8-10-24(11-9-23)30-36(34,35)25-7-1-5-22-6-3-14-29-26(22)25/h1-11,13-14,20,30H,12,15-19H2. The molecule has 1 aliphatic rings. The third-order valence-corrected chi connectivity index (χ3v) is 7.78. The number of rotatable bonds is 7. The first kappa shape index (κ1) is 23.9. The maximum Gasteiger partial charge on any atom is 0.264 e. The number of hydrogen-bond donors (Lipinski definition) is 1. The van der Waals surface area contributed by atoms with Crippen molar-refractivity contribution in [2.75, 3.05) is 37.4 Å². The van der Waals surface area contributed by atoms with Crippen molar-refractivity contribution >= 4 is 32.5 Å². The number of pyridine rings is 2. The Kier molecular flexibility index (Phi) is 6.92. The average Bonchev–Trinajstić information content (AvgIpc) is 2.92. The lowest BCUT2D eigenvalue weighted by atomic mass is 10.1. The molecule has 0 bridgehead atoms. The van der Waals surface area contributed by atoms with Crippen LogP contribution >= 0.6 is 0 Å². The molecule has 9 heteroatoms. The van der Waals surface area contributed by atoms with Crippen molar-refractivity contribution in [2.45, 2.75) is 11.3 Å². The highest BCUT2D eigenvalue weighted by Gasteiger charge is 2.23. The second-order valence-electron chi connectivity index (χ2n) is 8.76. The number of benzene rings is 2. The summed E-state index contributed by atoms with van der Waals surface area (Å²) in [6, 6.07) is 19.2. The molecule has 0 radical (unpaired) electrons. The molecule has 4 aromatic rings. The van der Waals surface area contributed by atoms with Gasteiger partial charge in [-0.1, -0.05) is 24.3 Å². The zero-order chi connectivity index (χ0) is 25.0. The zero-order valence-corrected chi connectivity index (χ0v) is 20.6. The van der Waals surface area contributed by atoms with Gasteiger partial charge in [0.15, 0.2) is 0 Å². The Balaban J connectivity index is 1.19. The van der Waals surface area contributed by atoms with E-state index in [4.69, 9.17) is 0 Å². The number of aromatic nitrogens is 2. The van der Waals surface area contributed by atoms with Gasteiger partial charge in [-0.3, -0.25) is 24.4 Å². The van der Waals surface area contributed by atoms with Gasteiger partial charge in [-0.05, 0) is 54.4 Å². The van der Waals surface area contributed by atoms with E-state index in [1.807, 2.05) is 29.3 Å². The van der Waals surface area contributed by atoms with Crippen LogP contribution in [0.1, 0.15) is 15.9 Å². The molecule has 1 N–H and O–H groups in total. The molecule has 0 saturated carbocycles. The van der Waals surface area contributed by atoms with Crippen LogP contribution in [-0.4, -0.2) is 66.8 Å². The van der Waals surface area contributed by atoms with Crippen LogP contribution in [0.4, 0.5) is 5.69 Å². The quantitative estimate of drug-likeness (QED) is 0.417. The normalized spacial score (nSPS) is 14.6. The number of carbonyl (C=O) groups is 1. The number of para-hydroxylation sites is 1. The molecule has 2 aromatic heterocycles. The smallest absolute Gasteiger partial charge is 0.264 e. The second-order valence-corrected chi connectivity index (χ2v) is 10.4. The van der Waals surface area contributed by atoms with Gasteiger partial charge in [0.05, 0.1) is 5.52 Å². The van der Waals surface area contributed by atoms with E-state index in [1.54, 1.807) is 48.8 Å². The Hall–Kier alpha value is -3.82. The van der Waals surface area contributed by atoms with Crippen molar-refractivity contribution in [3.63, 3.8) is 0 Å². The predicted octanol–water partition coefficient (Wildman–Crippen LogP) is 3.43. The van der Waals surface area contributed by atoms with E-state index >= 15 is 0 Å². The summed E-state index contributed by atoms with van der Waals surface area (Å²) in [6.45, 7) is 3.91. The fourth-order valence-corrected chi connectivity index (χ4v) is 5.61. The second kappa shape index (κ2) is 10.4. The molecule has 0 spiro atoms. The van der Waals surface area contributed by atoms with Crippen LogP contribution in [0.5, 0.6) is 0 Å². The van der Waals surface area contributed by atoms with E-state index < -0.39 is 10.0 Å². The molecule has 5 rings (SSSR count). The van der Waals surface area contributed by atoms with Gasteiger partial charge in [0.25, 0.3) is 15.9 Å². The topological polar surface area (TPSA) is 95.5 Å². The monoisotopic (exact) mass is 501 g/mol. The molecule has 2 aromatic carbocycles. The van der Waals surface area contributed by atoms with Crippen LogP contribution in [0.15, 0.2) is 90.2 Å². The first-order valence-electron chi connectivity index (χ1n) is 11.9. The largest absolute Gasteiger partial charge is 0.336 e. The van der Waals surface area contributed by atoms with E-state index in [0.29, 0.717) is 29.9 Å². The zero-order valence-electron chi connectivity index (χ0n) is 19.7. The summed E-state index contributed by atoms with van der Waals surface area (Å²) >= 11 is 0. The average molecular weight is 502 g/mol. The molecular weight excluding hydrogens is 474 g/mol. The highest BCUT2D eigenvalue weighted by molar-refractivity contribution is 7.93. The lowest BCUT2D eigenvalue weighted by molar-refractivity contribution is 0.0638. The van der Waals surface area contributed by atoms with Gasteiger partial charge in [-0.25, -0.2) is 8.42 Å². The van der Waals surface area contributed by atoms with E-state index in [2.05, 4.69) is 25.7 Å². The fourth-order valence-electron chi connectivity index (χ4n) is 4.37. The first-order valence-corrected chi connectivity index (χ1v) is 13.4. The van der Waals surface area contributed by atoms with E-state index in [9.17, 15) is 13.2 Å². The van der Waals surface area contributed by atoms with Crippen molar-refractivity contribution in [2.24, 2.45) is 0 Å². The minimum absolute atomic E-state index is 0.0467. The third-order valence-electron chi connectivity index (χ3n) is 6.37. The molecule has 0 aliphatic carbocycles. The molecule has 1 aliphatic heterocycles. The number of anilines is 1. The first-order chi connectivity index (χ1) is 17.5. The summed E-state index contributed by atoms with van der Waals surface area (Å²) in [5, 5.41) is 0.749. The number of amides is 1. The SMILES string of the molecule is O=C(c1ccc(NS(=O)(=O)c2cccc3cccnc23)cc1)N1CCN(CCc2cccnc2)CC1. The summed E-state index contributed by atoms with van der Waals surface area (Å²) in [5.74, 6) is -0.0467. The highest BCUT2D eigenvalue weighted by Crippen LogP contribution is 2.23. The maximum absolute atomic E-state index is 13.0. The van der Waals surface area contributed by atoms with Crippen LogP contribution in [0, 0.1) is 0 Å². The van der Waals surface area contributed by atoms with Crippen LogP contribution in [-0.2, 0) is 16.4 Å². The third kappa shape index (κ3) is 5.37. The van der Waals surface area contributed by atoms with Crippen LogP contribution in [0.25, 0.3) is 10.9 Å². The van der Waals surface area contributed by atoms with E-state index in [-0.39, 0.29) is 10.8 Å². The van der Waals surface area contributed by atoms with Gasteiger partial charge in [0.2, 0.25) is 0 Å². The summed E-state index contributed by atoms with van der Waals surface area (Å²) < 4.78 is 28.6. The molecule has 1 saturated heterocycles. The minimum Gasteiger partial charge on any atom is -0.336 e. The fraction of sp³-hybridized carbons (Fsp3) is 0.222. The number of fused-ring (bicyclic) bond motifs is 1. The lowest BCUT2D eigenvalue weighted by Gasteiger charge is -2.34. The van der Waals surface area contributed by atoms with Crippen LogP contribution < -0.4 is 4.72 Å². The number of sulfonamides is 1.